The van der Waals surface area contributed by atoms with Crippen LogP contribution >= 0.6 is 15.9 Å². The van der Waals surface area contributed by atoms with Gasteiger partial charge in [0.1, 0.15) is 5.82 Å². The molecular weight excluding hydrogens is 272 g/mol. The predicted octanol–water partition coefficient (Wildman–Crippen LogP) is 1.85. The van der Waals surface area contributed by atoms with Gasteiger partial charge in [0.15, 0.2) is 0 Å². The molecule has 5 nitrogen and oxygen atoms in total. The molecule has 6 heteroatoms. The van der Waals surface area contributed by atoms with Crippen LogP contribution in [0.15, 0.2) is 10.7 Å². The Morgan fingerprint density at radius 3 is 2.81 bits per heavy atom. The van der Waals surface area contributed by atoms with Crippen molar-refractivity contribution in [1.29, 1.82) is 0 Å². The molecule has 0 radical (unpaired) electrons. The molecule has 1 rings (SSSR count). The molecule has 0 aliphatic rings. The van der Waals surface area contributed by atoms with E-state index in [0.717, 1.165) is 17.4 Å². The number of rotatable bonds is 6. The van der Waals surface area contributed by atoms with Crippen molar-refractivity contribution in [3.8, 4) is 0 Å². The largest absolute Gasteiger partial charge is 0.394 e. The van der Waals surface area contributed by atoms with Gasteiger partial charge in [-0.25, -0.2) is 4.98 Å². The Balaban J connectivity index is 2.80. The van der Waals surface area contributed by atoms with E-state index in [0.29, 0.717) is 11.8 Å². The van der Waals surface area contributed by atoms with E-state index in [4.69, 9.17) is 5.11 Å². The number of anilines is 2. The molecule has 1 aromatic heterocycles. The summed E-state index contributed by atoms with van der Waals surface area (Å²) in [5.74, 6) is 1.29. The van der Waals surface area contributed by atoms with E-state index >= 15 is 0 Å². The van der Waals surface area contributed by atoms with Gasteiger partial charge in [0, 0.05) is 12.7 Å². The molecule has 0 fully saturated rings. The lowest BCUT2D eigenvalue weighted by atomic mass is 10.2. The SMILES string of the molecule is CCNc1ncc(Br)c(NC(CC)CO)n1. The maximum absolute atomic E-state index is 9.11. The van der Waals surface area contributed by atoms with Gasteiger partial charge in [-0.15, -0.1) is 0 Å². The molecule has 0 saturated heterocycles. The standard InChI is InChI=1S/C10H17BrN4O/c1-3-7(6-16)14-9-8(11)5-13-10(15-9)12-4-2/h5,7,16H,3-4,6H2,1-2H3,(H2,12,13,14,15). The van der Waals surface area contributed by atoms with Gasteiger partial charge in [-0.1, -0.05) is 6.92 Å². The average molecular weight is 289 g/mol. The summed E-state index contributed by atoms with van der Waals surface area (Å²) in [7, 11) is 0. The highest BCUT2D eigenvalue weighted by atomic mass is 79.9. The average Bonchev–Trinajstić information content (AvgIpc) is 2.30. The third-order valence-electron chi connectivity index (χ3n) is 2.13. The molecule has 0 aliphatic carbocycles. The summed E-state index contributed by atoms with van der Waals surface area (Å²) < 4.78 is 0.793. The fourth-order valence-electron chi connectivity index (χ4n) is 1.18. The third-order valence-corrected chi connectivity index (χ3v) is 2.71. The smallest absolute Gasteiger partial charge is 0.224 e. The Morgan fingerprint density at radius 1 is 1.50 bits per heavy atom. The maximum atomic E-state index is 9.11. The van der Waals surface area contributed by atoms with Crippen LogP contribution in [-0.4, -0.2) is 34.3 Å². The van der Waals surface area contributed by atoms with Crippen molar-refractivity contribution in [2.45, 2.75) is 26.3 Å². The van der Waals surface area contributed by atoms with Crippen molar-refractivity contribution >= 4 is 27.7 Å². The van der Waals surface area contributed by atoms with Crippen LogP contribution in [0, 0.1) is 0 Å². The summed E-state index contributed by atoms with van der Waals surface area (Å²) in [5, 5.41) is 15.3. The number of halogens is 1. The first-order chi connectivity index (χ1) is 7.71. The second kappa shape index (κ2) is 6.65. The summed E-state index contributed by atoms with van der Waals surface area (Å²) in [6, 6.07) is 0.0145. The van der Waals surface area contributed by atoms with Gasteiger partial charge in [-0.3, -0.25) is 0 Å². The first-order valence-electron chi connectivity index (χ1n) is 5.35. The zero-order chi connectivity index (χ0) is 12.0. The van der Waals surface area contributed by atoms with E-state index in [2.05, 4.69) is 36.5 Å². The van der Waals surface area contributed by atoms with Crippen LogP contribution in [0.4, 0.5) is 11.8 Å². The number of hydrogen-bond donors (Lipinski definition) is 3. The van der Waals surface area contributed by atoms with E-state index in [1.54, 1.807) is 6.20 Å². The van der Waals surface area contributed by atoms with Gasteiger partial charge >= 0.3 is 0 Å². The highest BCUT2D eigenvalue weighted by Crippen LogP contribution is 2.21. The summed E-state index contributed by atoms with van der Waals surface area (Å²) in [4.78, 5) is 8.42. The van der Waals surface area contributed by atoms with E-state index in [1.165, 1.54) is 0 Å². The highest BCUT2D eigenvalue weighted by Gasteiger charge is 2.09. The monoisotopic (exact) mass is 288 g/mol. The zero-order valence-corrected chi connectivity index (χ0v) is 11.1. The second-order valence-electron chi connectivity index (χ2n) is 3.35. The molecule has 0 saturated carbocycles. The van der Waals surface area contributed by atoms with Crippen LogP contribution in [0.2, 0.25) is 0 Å². The zero-order valence-electron chi connectivity index (χ0n) is 9.50. The van der Waals surface area contributed by atoms with Gasteiger partial charge in [0.05, 0.1) is 17.1 Å². The van der Waals surface area contributed by atoms with Crippen molar-refractivity contribution in [2.24, 2.45) is 0 Å². The molecule has 0 aliphatic heterocycles. The molecule has 0 amide bonds. The summed E-state index contributed by atoms with van der Waals surface area (Å²) in [5.41, 5.74) is 0. The molecule has 90 valence electrons. The summed E-state index contributed by atoms with van der Waals surface area (Å²) in [6.07, 6.45) is 2.53. The number of aliphatic hydroxyl groups excluding tert-OH is 1. The quantitative estimate of drug-likeness (QED) is 0.745. The van der Waals surface area contributed by atoms with Crippen molar-refractivity contribution in [2.75, 3.05) is 23.8 Å². The van der Waals surface area contributed by atoms with Gasteiger partial charge < -0.3 is 15.7 Å². The lowest BCUT2D eigenvalue weighted by Crippen LogP contribution is -2.23. The van der Waals surface area contributed by atoms with Crippen LogP contribution < -0.4 is 10.6 Å². The molecule has 16 heavy (non-hydrogen) atoms. The van der Waals surface area contributed by atoms with Crippen LogP contribution in [0.1, 0.15) is 20.3 Å². The second-order valence-corrected chi connectivity index (χ2v) is 4.21. The fourth-order valence-corrected chi connectivity index (χ4v) is 1.49. The topological polar surface area (TPSA) is 70.1 Å². The van der Waals surface area contributed by atoms with Crippen LogP contribution in [0.3, 0.4) is 0 Å². The van der Waals surface area contributed by atoms with Crippen molar-refractivity contribution in [3.63, 3.8) is 0 Å². The molecule has 1 aromatic rings. The molecular formula is C10H17BrN4O. The molecule has 1 heterocycles. The van der Waals surface area contributed by atoms with Gasteiger partial charge in [0.25, 0.3) is 0 Å². The first-order valence-corrected chi connectivity index (χ1v) is 6.14. The summed E-state index contributed by atoms with van der Waals surface area (Å²) >= 11 is 3.37. The number of aromatic nitrogens is 2. The number of nitrogens with one attached hydrogen (secondary N) is 2. The molecule has 3 N–H and O–H groups in total. The third kappa shape index (κ3) is 3.61. The Morgan fingerprint density at radius 2 is 2.25 bits per heavy atom. The van der Waals surface area contributed by atoms with Crippen molar-refractivity contribution < 1.29 is 5.11 Å². The molecule has 1 unspecified atom stereocenters. The Bertz CT molecular complexity index is 331. The minimum Gasteiger partial charge on any atom is -0.394 e. The van der Waals surface area contributed by atoms with Crippen molar-refractivity contribution in [1.82, 2.24) is 9.97 Å². The number of nitrogens with zero attached hydrogens (tertiary/aromatic N) is 2. The Hall–Kier alpha value is -0.880. The van der Waals surface area contributed by atoms with Gasteiger partial charge in [-0.2, -0.15) is 4.98 Å². The predicted molar refractivity (Wildman–Crippen MR) is 68.7 cm³/mol. The normalized spacial score (nSPS) is 12.2. The number of aliphatic hydroxyl groups is 1. The maximum Gasteiger partial charge on any atom is 0.224 e. The minimum atomic E-state index is 0.0145. The van der Waals surface area contributed by atoms with Crippen LogP contribution in [0.5, 0.6) is 0 Å². The molecule has 0 aromatic carbocycles. The molecule has 0 spiro atoms. The van der Waals surface area contributed by atoms with Crippen molar-refractivity contribution in [3.05, 3.63) is 10.7 Å². The van der Waals surface area contributed by atoms with Gasteiger partial charge in [-0.05, 0) is 29.3 Å². The van der Waals surface area contributed by atoms with Crippen LogP contribution in [-0.2, 0) is 0 Å². The lowest BCUT2D eigenvalue weighted by molar-refractivity contribution is 0.271. The minimum absolute atomic E-state index is 0.0145. The number of hydrogen-bond acceptors (Lipinski definition) is 5. The lowest BCUT2D eigenvalue weighted by Gasteiger charge is -2.16. The summed E-state index contributed by atoms with van der Waals surface area (Å²) in [6.45, 7) is 4.86. The first kappa shape index (κ1) is 13.2. The Kier molecular flexibility index (Phi) is 5.48. The highest BCUT2D eigenvalue weighted by molar-refractivity contribution is 9.10. The van der Waals surface area contributed by atoms with E-state index in [9.17, 15) is 0 Å². The molecule has 0 bridgehead atoms. The van der Waals surface area contributed by atoms with Crippen LogP contribution in [0.25, 0.3) is 0 Å². The van der Waals surface area contributed by atoms with E-state index in [-0.39, 0.29) is 12.6 Å². The molecule has 1 atom stereocenters. The Labute approximate surface area is 104 Å². The van der Waals surface area contributed by atoms with E-state index < -0.39 is 0 Å². The van der Waals surface area contributed by atoms with Gasteiger partial charge in [0.2, 0.25) is 5.95 Å². The fraction of sp³-hybridized carbons (Fsp3) is 0.600. The van der Waals surface area contributed by atoms with E-state index in [1.807, 2.05) is 13.8 Å².